The lowest BCUT2D eigenvalue weighted by atomic mass is 10.1. The Kier molecular flexibility index (Phi) is 4.47. The fourth-order valence-electron chi connectivity index (χ4n) is 2.58. The first-order chi connectivity index (χ1) is 11.0. The van der Waals surface area contributed by atoms with Crippen LogP contribution in [0.4, 0.5) is 11.5 Å². The molecule has 122 valence electrons. The maximum absolute atomic E-state index is 12.3. The fraction of sp³-hybridized carbons (Fsp3) is 0.375. The molecule has 23 heavy (non-hydrogen) atoms. The van der Waals surface area contributed by atoms with Gasteiger partial charge in [-0.15, -0.1) is 0 Å². The number of pyridine rings is 2. The van der Waals surface area contributed by atoms with Crippen molar-refractivity contribution in [2.75, 3.05) is 22.7 Å². The molecule has 2 aromatic heterocycles. The lowest BCUT2D eigenvalue weighted by Crippen LogP contribution is -2.30. The summed E-state index contributed by atoms with van der Waals surface area (Å²) in [5.74, 6) is 0.893. The van der Waals surface area contributed by atoms with Crippen molar-refractivity contribution in [3.63, 3.8) is 0 Å². The highest BCUT2D eigenvalue weighted by atomic mass is 32.2. The maximum atomic E-state index is 12.3. The van der Waals surface area contributed by atoms with Gasteiger partial charge in [-0.1, -0.05) is 0 Å². The van der Waals surface area contributed by atoms with Crippen molar-refractivity contribution in [2.24, 2.45) is 0 Å². The molecule has 0 bridgehead atoms. The van der Waals surface area contributed by atoms with E-state index in [1.807, 2.05) is 13.0 Å². The van der Waals surface area contributed by atoms with E-state index in [1.54, 1.807) is 24.4 Å². The minimum Gasteiger partial charge on any atom is -0.357 e. The van der Waals surface area contributed by atoms with Crippen LogP contribution in [-0.4, -0.2) is 31.5 Å². The highest BCUT2D eigenvalue weighted by Gasteiger charge is 2.16. The van der Waals surface area contributed by atoms with Crippen LogP contribution in [0.15, 0.2) is 41.6 Å². The molecule has 2 aromatic rings. The van der Waals surface area contributed by atoms with Crippen LogP contribution in [0.1, 0.15) is 25.0 Å². The van der Waals surface area contributed by atoms with Gasteiger partial charge in [0.1, 0.15) is 10.7 Å². The van der Waals surface area contributed by atoms with Crippen molar-refractivity contribution in [3.8, 4) is 0 Å². The summed E-state index contributed by atoms with van der Waals surface area (Å²) in [6.45, 7) is 3.83. The number of piperidine rings is 1. The predicted octanol–water partition coefficient (Wildman–Crippen LogP) is 2.58. The van der Waals surface area contributed by atoms with E-state index in [0.29, 0.717) is 5.69 Å². The topological polar surface area (TPSA) is 75.2 Å². The number of aromatic nitrogens is 2. The normalized spacial score (nSPS) is 15.4. The third kappa shape index (κ3) is 3.79. The Morgan fingerprint density at radius 2 is 1.78 bits per heavy atom. The average Bonchev–Trinajstić information content (AvgIpc) is 2.56. The van der Waals surface area contributed by atoms with Gasteiger partial charge in [-0.25, -0.2) is 13.4 Å². The molecule has 1 aliphatic heterocycles. The van der Waals surface area contributed by atoms with Crippen molar-refractivity contribution in [3.05, 3.63) is 42.4 Å². The first-order valence-electron chi connectivity index (χ1n) is 7.71. The molecular weight excluding hydrogens is 312 g/mol. The van der Waals surface area contributed by atoms with Crippen molar-refractivity contribution < 1.29 is 8.42 Å². The van der Waals surface area contributed by atoms with E-state index in [9.17, 15) is 8.42 Å². The van der Waals surface area contributed by atoms with E-state index < -0.39 is 10.0 Å². The number of aryl methyl sites for hydroxylation is 1. The molecule has 0 spiro atoms. The summed E-state index contributed by atoms with van der Waals surface area (Å²) in [6.07, 6.45) is 6.53. The molecule has 0 aromatic carbocycles. The van der Waals surface area contributed by atoms with E-state index >= 15 is 0 Å². The molecule has 6 nitrogen and oxygen atoms in total. The molecule has 7 heteroatoms. The quantitative estimate of drug-likeness (QED) is 0.931. The van der Waals surface area contributed by atoms with Crippen LogP contribution in [0.3, 0.4) is 0 Å². The summed E-state index contributed by atoms with van der Waals surface area (Å²) in [7, 11) is -3.63. The van der Waals surface area contributed by atoms with Gasteiger partial charge in [-0.2, -0.15) is 0 Å². The van der Waals surface area contributed by atoms with Gasteiger partial charge in [-0.3, -0.25) is 9.71 Å². The first-order valence-corrected chi connectivity index (χ1v) is 9.19. The molecule has 1 saturated heterocycles. The second-order valence-electron chi connectivity index (χ2n) is 5.69. The van der Waals surface area contributed by atoms with Gasteiger partial charge in [0.15, 0.2) is 0 Å². The molecular formula is C16H20N4O2S. The molecule has 1 aliphatic rings. The summed E-state index contributed by atoms with van der Waals surface area (Å²) in [4.78, 5) is 10.8. The van der Waals surface area contributed by atoms with E-state index in [0.717, 1.165) is 24.6 Å². The van der Waals surface area contributed by atoms with Crippen LogP contribution >= 0.6 is 0 Å². The lowest BCUT2D eigenvalue weighted by Gasteiger charge is -2.27. The Morgan fingerprint density at radius 3 is 2.39 bits per heavy atom. The van der Waals surface area contributed by atoms with Crippen LogP contribution in [0.5, 0.6) is 0 Å². The number of hydrogen-bond acceptors (Lipinski definition) is 5. The van der Waals surface area contributed by atoms with Gasteiger partial charge >= 0.3 is 0 Å². The number of rotatable bonds is 4. The van der Waals surface area contributed by atoms with Crippen molar-refractivity contribution >= 4 is 21.5 Å². The lowest BCUT2D eigenvalue weighted by molar-refractivity contribution is 0.573. The Hall–Kier alpha value is -2.15. The molecule has 3 heterocycles. The maximum Gasteiger partial charge on any atom is 0.263 e. The molecule has 0 unspecified atom stereocenters. The van der Waals surface area contributed by atoms with Gasteiger partial charge < -0.3 is 4.90 Å². The number of anilines is 2. The van der Waals surface area contributed by atoms with Gasteiger partial charge in [-0.05, 0) is 50.5 Å². The second kappa shape index (κ2) is 6.54. The predicted molar refractivity (Wildman–Crippen MR) is 90.1 cm³/mol. The monoisotopic (exact) mass is 332 g/mol. The second-order valence-corrected chi connectivity index (χ2v) is 7.38. The van der Waals surface area contributed by atoms with Crippen molar-refractivity contribution in [2.45, 2.75) is 31.1 Å². The molecule has 1 N–H and O–H groups in total. The zero-order valence-corrected chi connectivity index (χ0v) is 13.9. The fourth-order valence-corrected chi connectivity index (χ4v) is 3.57. The molecule has 0 radical (unpaired) electrons. The van der Waals surface area contributed by atoms with E-state index in [1.165, 1.54) is 25.5 Å². The molecule has 0 amide bonds. The third-order valence-corrected chi connectivity index (χ3v) is 5.24. The van der Waals surface area contributed by atoms with Gasteiger partial charge in [0, 0.05) is 25.0 Å². The summed E-state index contributed by atoms with van der Waals surface area (Å²) < 4.78 is 27.2. The SMILES string of the molecule is Cc1ccc(S(=O)(=O)Nc2ccc(N3CCCCC3)nc2)cn1. The summed E-state index contributed by atoms with van der Waals surface area (Å²) in [5.41, 5.74) is 1.22. The Bertz CT molecular complexity index is 752. The molecule has 0 atom stereocenters. The summed E-state index contributed by atoms with van der Waals surface area (Å²) >= 11 is 0. The van der Waals surface area contributed by atoms with Crippen molar-refractivity contribution in [1.29, 1.82) is 0 Å². The summed E-state index contributed by atoms with van der Waals surface area (Å²) in [5, 5.41) is 0. The van der Waals surface area contributed by atoms with Gasteiger partial charge in [0.05, 0.1) is 11.9 Å². The number of nitrogens with zero attached hydrogens (tertiary/aromatic N) is 3. The van der Waals surface area contributed by atoms with E-state index in [4.69, 9.17) is 0 Å². The molecule has 3 rings (SSSR count). The van der Waals surface area contributed by atoms with Crippen LogP contribution in [0.2, 0.25) is 0 Å². The third-order valence-electron chi connectivity index (χ3n) is 3.87. The average molecular weight is 332 g/mol. The first kappa shape index (κ1) is 15.7. The number of hydrogen-bond donors (Lipinski definition) is 1. The van der Waals surface area contributed by atoms with Crippen LogP contribution in [-0.2, 0) is 10.0 Å². The Balaban J connectivity index is 1.73. The van der Waals surface area contributed by atoms with Crippen LogP contribution in [0.25, 0.3) is 0 Å². The van der Waals surface area contributed by atoms with Crippen LogP contribution < -0.4 is 9.62 Å². The van der Waals surface area contributed by atoms with Gasteiger partial charge in [0.2, 0.25) is 0 Å². The number of nitrogens with one attached hydrogen (secondary N) is 1. The van der Waals surface area contributed by atoms with Gasteiger partial charge in [0.25, 0.3) is 10.0 Å². The Labute approximate surface area is 136 Å². The summed E-state index contributed by atoms with van der Waals surface area (Å²) in [6, 6.07) is 6.82. The number of sulfonamides is 1. The highest BCUT2D eigenvalue weighted by Crippen LogP contribution is 2.20. The standard InChI is InChI=1S/C16H20N4O2S/c1-13-5-7-15(12-17-13)23(21,22)19-14-6-8-16(18-11-14)20-9-3-2-4-10-20/h5-8,11-12,19H,2-4,9-10H2,1H3. The minimum absolute atomic E-state index is 0.142. The molecule has 0 aliphatic carbocycles. The smallest absolute Gasteiger partial charge is 0.263 e. The Morgan fingerprint density at radius 1 is 1.00 bits per heavy atom. The molecule has 0 saturated carbocycles. The molecule has 1 fully saturated rings. The largest absolute Gasteiger partial charge is 0.357 e. The van der Waals surface area contributed by atoms with Crippen LogP contribution in [0, 0.1) is 6.92 Å². The highest BCUT2D eigenvalue weighted by molar-refractivity contribution is 7.92. The minimum atomic E-state index is -3.63. The van der Waals surface area contributed by atoms with E-state index in [-0.39, 0.29) is 4.90 Å². The zero-order valence-electron chi connectivity index (χ0n) is 13.1. The van der Waals surface area contributed by atoms with E-state index in [2.05, 4.69) is 19.6 Å². The van der Waals surface area contributed by atoms with Crippen molar-refractivity contribution in [1.82, 2.24) is 9.97 Å². The zero-order chi connectivity index (χ0) is 16.3.